The zero-order valence-electron chi connectivity index (χ0n) is 16.4. The molecule has 0 aliphatic heterocycles. The largest absolute Gasteiger partial charge is 0.494 e. The number of rotatable bonds is 4. The molecule has 0 amide bonds. The van der Waals surface area contributed by atoms with Gasteiger partial charge in [-0.25, -0.2) is 0 Å². The van der Waals surface area contributed by atoms with Gasteiger partial charge in [0.25, 0.3) is 0 Å². The van der Waals surface area contributed by atoms with E-state index in [1.54, 1.807) is 4.80 Å². The molecule has 0 saturated carbocycles. The average molecular weight is 417 g/mol. The first-order chi connectivity index (χ1) is 14.5. The van der Waals surface area contributed by atoms with Crippen molar-refractivity contribution < 1.29 is 5.11 Å². The van der Waals surface area contributed by atoms with E-state index in [-0.39, 0.29) is 10.8 Å². The fourth-order valence-electron chi connectivity index (χ4n) is 3.73. The van der Waals surface area contributed by atoms with E-state index in [0.717, 1.165) is 56.1 Å². The van der Waals surface area contributed by atoms with Crippen LogP contribution in [0.15, 0.2) is 53.3 Å². The summed E-state index contributed by atoms with van der Waals surface area (Å²) in [4.78, 5) is 19.4. The van der Waals surface area contributed by atoms with Crippen LogP contribution in [0.1, 0.15) is 21.8 Å². The van der Waals surface area contributed by atoms with Crippen LogP contribution in [-0.4, -0.2) is 30.1 Å². The number of H-pyrrole nitrogens is 2. The van der Waals surface area contributed by atoms with Crippen LogP contribution in [-0.2, 0) is 6.42 Å². The SMILES string of the molecule is Cc1nn(-c2ccccc2)nc1-c1c(C)[nH]c2ccc(Cc3sc(=O)[nH]c3O)cc12. The summed E-state index contributed by atoms with van der Waals surface area (Å²) in [6.45, 7) is 3.99. The quantitative estimate of drug-likeness (QED) is 0.410. The Labute approximate surface area is 175 Å². The summed E-state index contributed by atoms with van der Waals surface area (Å²) in [6.07, 6.45) is 0.477. The number of para-hydroxylation sites is 1. The molecule has 0 aliphatic rings. The number of aromatic hydroxyl groups is 1. The van der Waals surface area contributed by atoms with Crippen LogP contribution in [0.5, 0.6) is 5.88 Å². The van der Waals surface area contributed by atoms with Gasteiger partial charge in [0, 0.05) is 28.6 Å². The predicted molar refractivity (Wildman–Crippen MR) is 118 cm³/mol. The van der Waals surface area contributed by atoms with E-state index in [9.17, 15) is 9.90 Å². The van der Waals surface area contributed by atoms with Crippen molar-refractivity contribution in [1.82, 2.24) is 25.0 Å². The van der Waals surface area contributed by atoms with Crippen molar-refractivity contribution in [2.24, 2.45) is 0 Å². The number of fused-ring (bicyclic) bond motifs is 1. The molecule has 0 unspecified atom stereocenters. The smallest absolute Gasteiger partial charge is 0.307 e. The van der Waals surface area contributed by atoms with Crippen molar-refractivity contribution in [1.29, 1.82) is 0 Å². The van der Waals surface area contributed by atoms with Gasteiger partial charge in [-0.3, -0.25) is 9.78 Å². The molecule has 0 radical (unpaired) electrons. The lowest BCUT2D eigenvalue weighted by Crippen LogP contribution is -1.98. The summed E-state index contributed by atoms with van der Waals surface area (Å²) in [5, 5.41) is 20.3. The molecule has 30 heavy (non-hydrogen) atoms. The molecule has 3 aromatic heterocycles. The zero-order chi connectivity index (χ0) is 20.8. The highest BCUT2D eigenvalue weighted by Gasteiger charge is 2.18. The van der Waals surface area contributed by atoms with Gasteiger partial charge in [0.15, 0.2) is 0 Å². The van der Waals surface area contributed by atoms with Crippen molar-refractivity contribution in [3.8, 4) is 22.8 Å². The monoisotopic (exact) mass is 417 g/mol. The Hall–Kier alpha value is -3.65. The number of aromatic nitrogens is 5. The van der Waals surface area contributed by atoms with E-state index < -0.39 is 0 Å². The molecule has 5 rings (SSSR count). The first-order valence-corrected chi connectivity index (χ1v) is 10.3. The van der Waals surface area contributed by atoms with Crippen LogP contribution in [0, 0.1) is 13.8 Å². The minimum Gasteiger partial charge on any atom is -0.494 e. The first-order valence-electron chi connectivity index (χ1n) is 9.51. The Kier molecular flexibility index (Phi) is 4.29. The van der Waals surface area contributed by atoms with Crippen molar-refractivity contribution in [3.05, 3.63) is 80.0 Å². The highest BCUT2D eigenvalue weighted by Crippen LogP contribution is 2.34. The molecule has 150 valence electrons. The fraction of sp³-hybridized carbons (Fsp3) is 0.136. The second-order valence-corrected chi connectivity index (χ2v) is 8.29. The molecular formula is C22H19N5O2S. The molecule has 0 saturated heterocycles. The maximum atomic E-state index is 11.5. The summed E-state index contributed by atoms with van der Waals surface area (Å²) in [7, 11) is 0. The van der Waals surface area contributed by atoms with Crippen LogP contribution in [0.3, 0.4) is 0 Å². The molecule has 0 spiro atoms. The second-order valence-electron chi connectivity index (χ2n) is 7.23. The Morgan fingerprint density at radius 1 is 1.07 bits per heavy atom. The summed E-state index contributed by atoms with van der Waals surface area (Å²) < 4.78 is 0. The Morgan fingerprint density at radius 3 is 2.60 bits per heavy atom. The van der Waals surface area contributed by atoms with Crippen LogP contribution >= 0.6 is 11.3 Å². The number of aromatic amines is 2. The Balaban J connectivity index is 1.61. The van der Waals surface area contributed by atoms with Crippen molar-refractivity contribution >= 4 is 22.2 Å². The first kappa shape index (κ1) is 18.4. The lowest BCUT2D eigenvalue weighted by Gasteiger charge is -2.02. The fourth-order valence-corrected chi connectivity index (χ4v) is 4.49. The number of thiazole rings is 1. The standard InChI is InChI=1S/C22H19N5O2S/c1-12-19(20-13(2)25-27(26-20)15-6-4-3-5-7-15)16-10-14(8-9-17(16)23-12)11-18-21(28)24-22(29)30-18/h3-10,23,28H,11H2,1-2H3,(H,24,29). The third-order valence-corrected chi connectivity index (χ3v) is 5.99. The summed E-state index contributed by atoms with van der Waals surface area (Å²) in [6, 6.07) is 15.9. The normalized spacial score (nSPS) is 11.4. The minimum absolute atomic E-state index is 0.0581. The number of benzene rings is 2. The van der Waals surface area contributed by atoms with Crippen LogP contribution in [0.4, 0.5) is 0 Å². The molecule has 0 fully saturated rings. The average Bonchev–Trinajstić information content (AvgIpc) is 3.36. The number of hydrogen-bond donors (Lipinski definition) is 3. The zero-order valence-corrected chi connectivity index (χ0v) is 17.2. The maximum absolute atomic E-state index is 11.5. The van der Waals surface area contributed by atoms with Gasteiger partial charge >= 0.3 is 4.87 Å². The topological polar surface area (TPSA) is 99.6 Å². The van der Waals surface area contributed by atoms with E-state index in [4.69, 9.17) is 5.10 Å². The molecule has 2 aromatic carbocycles. The third kappa shape index (κ3) is 3.11. The maximum Gasteiger partial charge on any atom is 0.307 e. The number of aryl methyl sites for hydroxylation is 2. The molecule has 0 bridgehead atoms. The van der Waals surface area contributed by atoms with E-state index >= 15 is 0 Å². The molecule has 0 aliphatic carbocycles. The van der Waals surface area contributed by atoms with Gasteiger partial charge in [0.05, 0.1) is 16.3 Å². The van der Waals surface area contributed by atoms with Gasteiger partial charge in [-0.2, -0.15) is 9.90 Å². The van der Waals surface area contributed by atoms with E-state index in [0.29, 0.717) is 11.3 Å². The van der Waals surface area contributed by atoms with Gasteiger partial charge in [-0.05, 0) is 43.7 Å². The van der Waals surface area contributed by atoms with Crippen molar-refractivity contribution in [3.63, 3.8) is 0 Å². The molecule has 5 aromatic rings. The van der Waals surface area contributed by atoms with E-state index in [2.05, 4.69) is 21.1 Å². The molecular weight excluding hydrogens is 398 g/mol. The van der Waals surface area contributed by atoms with Crippen LogP contribution in [0.25, 0.3) is 27.8 Å². The molecule has 3 heterocycles. The van der Waals surface area contributed by atoms with Gasteiger partial charge < -0.3 is 10.1 Å². The van der Waals surface area contributed by atoms with Gasteiger partial charge in [0.2, 0.25) is 5.88 Å². The van der Waals surface area contributed by atoms with Crippen LogP contribution in [0.2, 0.25) is 0 Å². The van der Waals surface area contributed by atoms with Gasteiger partial charge in [-0.1, -0.05) is 35.6 Å². The predicted octanol–water partition coefficient (Wildman–Crippen LogP) is 4.08. The Bertz CT molecular complexity index is 1430. The van der Waals surface area contributed by atoms with E-state index in [1.807, 2.05) is 56.3 Å². The minimum atomic E-state index is -0.255. The highest BCUT2D eigenvalue weighted by molar-refractivity contribution is 7.09. The lowest BCUT2D eigenvalue weighted by atomic mass is 10.0. The van der Waals surface area contributed by atoms with Gasteiger partial charge in [0.1, 0.15) is 5.69 Å². The number of nitrogens with zero attached hydrogens (tertiary/aromatic N) is 3. The Morgan fingerprint density at radius 2 is 1.87 bits per heavy atom. The summed E-state index contributed by atoms with van der Waals surface area (Å²) >= 11 is 1.03. The highest BCUT2D eigenvalue weighted by atomic mass is 32.1. The van der Waals surface area contributed by atoms with Crippen molar-refractivity contribution in [2.45, 2.75) is 20.3 Å². The molecule has 3 N–H and O–H groups in total. The lowest BCUT2D eigenvalue weighted by molar-refractivity contribution is 0.451. The summed E-state index contributed by atoms with van der Waals surface area (Å²) in [5.41, 5.74) is 6.61. The molecule has 8 heteroatoms. The number of nitrogens with one attached hydrogen (secondary N) is 2. The number of hydrogen-bond acceptors (Lipinski definition) is 5. The van der Waals surface area contributed by atoms with E-state index in [1.165, 1.54) is 0 Å². The summed E-state index contributed by atoms with van der Waals surface area (Å²) in [5.74, 6) is -0.0581. The van der Waals surface area contributed by atoms with Crippen LogP contribution < -0.4 is 4.87 Å². The second kappa shape index (κ2) is 7.00. The van der Waals surface area contributed by atoms with Crippen molar-refractivity contribution in [2.75, 3.05) is 0 Å². The van der Waals surface area contributed by atoms with Gasteiger partial charge in [-0.15, -0.1) is 5.10 Å². The molecule has 7 nitrogen and oxygen atoms in total. The third-order valence-electron chi connectivity index (χ3n) is 5.12. The molecule has 0 atom stereocenters.